The molecule has 1 saturated heterocycles. The summed E-state index contributed by atoms with van der Waals surface area (Å²) in [5, 5.41) is 4.31. The summed E-state index contributed by atoms with van der Waals surface area (Å²) < 4.78 is 11.7. The molecule has 0 aromatic carbocycles. The standard InChI is InChI=1S/C16H25N3O4/c1-16(2,3)19-13(20)8-12(15(21)23-5)14(19)11-9-17-18(10-11)6-7-22-4/h9-10,12,14H,6-8H2,1-5H3/t12-,14-/m1/s1. The normalized spacial score (nSPS) is 21.8. The largest absolute Gasteiger partial charge is 0.469 e. The van der Waals surface area contributed by atoms with Gasteiger partial charge in [-0.2, -0.15) is 5.10 Å². The molecule has 7 nitrogen and oxygen atoms in total. The first-order chi connectivity index (χ1) is 10.8. The third-order valence-electron chi connectivity index (χ3n) is 4.07. The Morgan fingerprint density at radius 3 is 2.65 bits per heavy atom. The van der Waals surface area contributed by atoms with Crippen molar-refractivity contribution in [3.8, 4) is 0 Å². The lowest BCUT2D eigenvalue weighted by Crippen LogP contribution is -2.44. The molecule has 2 heterocycles. The fourth-order valence-corrected chi connectivity index (χ4v) is 3.11. The van der Waals surface area contributed by atoms with E-state index in [2.05, 4.69) is 5.10 Å². The molecular weight excluding hydrogens is 298 g/mol. The van der Waals surface area contributed by atoms with Crippen LogP contribution in [0.15, 0.2) is 12.4 Å². The van der Waals surface area contributed by atoms with E-state index < -0.39 is 5.92 Å². The van der Waals surface area contributed by atoms with Crippen LogP contribution in [0.5, 0.6) is 0 Å². The lowest BCUT2D eigenvalue weighted by atomic mass is 9.93. The Balaban J connectivity index is 2.36. The van der Waals surface area contributed by atoms with Crippen LogP contribution in [0.25, 0.3) is 0 Å². The number of hydrogen-bond donors (Lipinski definition) is 0. The second kappa shape index (κ2) is 6.70. The predicted molar refractivity (Wildman–Crippen MR) is 83.6 cm³/mol. The van der Waals surface area contributed by atoms with E-state index in [1.807, 2.05) is 27.0 Å². The van der Waals surface area contributed by atoms with Gasteiger partial charge in [0.05, 0.1) is 38.4 Å². The van der Waals surface area contributed by atoms with Gasteiger partial charge in [-0.05, 0) is 20.8 Å². The Morgan fingerprint density at radius 2 is 2.09 bits per heavy atom. The summed E-state index contributed by atoms with van der Waals surface area (Å²) >= 11 is 0. The zero-order valence-electron chi connectivity index (χ0n) is 14.4. The number of rotatable bonds is 5. The van der Waals surface area contributed by atoms with Crippen LogP contribution in [0, 0.1) is 5.92 Å². The van der Waals surface area contributed by atoms with E-state index in [1.165, 1.54) is 7.11 Å². The fourth-order valence-electron chi connectivity index (χ4n) is 3.11. The third-order valence-corrected chi connectivity index (χ3v) is 4.07. The van der Waals surface area contributed by atoms with Gasteiger partial charge in [0.1, 0.15) is 0 Å². The Hall–Kier alpha value is -1.89. The van der Waals surface area contributed by atoms with Crippen molar-refractivity contribution in [1.82, 2.24) is 14.7 Å². The number of carbonyl (C=O) groups is 2. The van der Waals surface area contributed by atoms with Crippen LogP contribution in [0.4, 0.5) is 0 Å². The minimum atomic E-state index is -0.508. The molecule has 1 aromatic heterocycles. The van der Waals surface area contributed by atoms with E-state index in [-0.39, 0.29) is 29.9 Å². The maximum absolute atomic E-state index is 12.5. The molecule has 0 N–H and O–H groups in total. The molecule has 1 aromatic rings. The molecule has 0 spiro atoms. The van der Waals surface area contributed by atoms with Gasteiger partial charge in [-0.25, -0.2) is 0 Å². The van der Waals surface area contributed by atoms with Crippen LogP contribution in [0.2, 0.25) is 0 Å². The number of aromatic nitrogens is 2. The van der Waals surface area contributed by atoms with Gasteiger partial charge < -0.3 is 14.4 Å². The second-order valence-corrected chi connectivity index (χ2v) is 6.74. The zero-order chi connectivity index (χ0) is 17.2. The van der Waals surface area contributed by atoms with Crippen molar-refractivity contribution in [2.45, 2.75) is 45.3 Å². The average Bonchev–Trinajstić information content (AvgIpc) is 3.07. The zero-order valence-corrected chi connectivity index (χ0v) is 14.4. The van der Waals surface area contributed by atoms with Crippen LogP contribution in [-0.4, -0.2) is 52.9 Å². The van der Waals surface area contributed by atoms with Gasteiger partial charge in [-0.15, -0.1) is 0 Å². The minimum absolute atomic E-state index is 0.0393. The molecular formula is C16H25N3O4. The highest BCUT2D eigenvalue weighted by molar-refractivity contribution is 5.88. The van der Waals surface area contributed by atoms with Crippen molar-refractivity contribution < 1.29 is 19.1 Å². The first kappa shape index (κ1) is 17.5. The highest BCUT2D eigenvalue weighted by Crippen LogP contribution is 2.42. The van der Waals surface area contributed by atoms with Crippen LogP contribution in [0.1, 0.15) is 38.8 Å². The molecule has 0 unspecified atom stereocenters. The maximum Gasteiger partial charge on any atom is 0.311 e. The Bertz CT molecular complexity index is 576. The quantitative estimate of drug-likeness (QED) is 0.766. The van der Waals surface area contributed by atoms with Crippen LogP contribution in [0.3, 0.4) is 0 Å². The van der Waals surface area contributed by atoms with Crippen molar-refractivity contribution in [2.75, 3.05) is 20.8 Å². The molecule has 1 aliphatic heterocycles. The SMILES string of the molecule is COCCn1cc([C@@H]2[C@H](C(=O)OC)CC(=O)N2C(C)(C)C)cn1. The summed E-state index contributed by atoms with van der Waals surface area (Å²) in [6, 6.07) is -0.355. The van der Waals surface area contributed by atoms with Crippen molar-refractivity contribution in [2.24, 2.45) is 5.92 Å². The summed E-state index contributed by atoms with van der Waals surface area (Å²) in [6.45, 7) is 7.07. The van der Waals surface area contributed by atoms with Gasteiger partial charge in [-0.1, -0.05) is 0 Å². The molecule has 128 valence electrons. The summed E-state index contributed by atoms with van der Waals surface area (Å²) in [5.41, 5.74) is 0.455. The second-order valence-electron chi connectivity index (χ2n) is 6.74. The highest BCUT2D eigenvalue weighted by atomic mass is 16.5. The Kier molecular flexibility index (Phi) is 5.09. The molecule has 0 saturated carbocycles. The van der Waals surface area contributed by atoms with Gasteiger partial charge >= 0.3 is 5.97 Å². The third kappa shape index (κ3) is 3.55. The monoisotopic (exact) mass is 323 g/mol. The number of hydrogen-bond acceptors (Lipinski definition) is 5. The Morgan fingerprint density at radius 1 is 1.39 bits per heavy atom. The Labute approximate surface area is 136 Å². The molecule has 23 heavy (non-hydrogen) atoms. The highest BCUT2D eigenvalue weighted by Gasteiger charge is 2.49. The van der Waals surface area contributed by atoms with E-state index >= 15 is 0 Å². The smallest absolute Gasteiger partial charge is 0.311 e. The summed E-state index contributed by atoms with van der Waals surface area (Å²) in [5.74, 6) is -0.908. The molecule has 7 heteroatoms. The fraction of sp³-hybridized carbons (Fsp3) is 0.688. The first-order valence-electron chi connectivity index (χ1n) is 7.71. The van der Waals surface area contributed by atoms with Crippen molar-refractivity contribution >= 4 is 11.9 Å². The number of methoxy groups -OCH3 is 2. The number of nitrogens with zero attached hydrogens (tertiary/aromatic N) is 3. The van der Waals surface area contributed by atoms with E-state index in [9.17, 15) is 9.59 Å². The number of likely N-dealkylation sites (tertiary alicyclic amines) is 1. The first-order valence-corrected chi connectivity index (χ1v) is 7.71. The topological polar surface area (TPSA) is 73.7 Å². The molecule has 1 amide bonds. The van der Waals surface area contributed by atoms with Gasteiger partial charge in [0.2, 0.25) is 5.91 Å². The molecule has 1 fully saturated rings. The van der Waals surface area contributed by atoms with E-state index in [1.54, 1.807) is 22.9 Å². The predicted octanol–water partition coefficient (Wildman–Crippen LogP) is 1.39. The molecule has 0 aliphatic carbocycles. The van der Waals surface area contributed by atoms with Crippen LogP contribution in [-0.2, 0) is 25.6 Å². The summed E-state index contributed by atoms with van der Waals surface area (Å²) in [7, 11) is 2.99. The van der Waals surface area contributed by atoms with Gasteiger partial charge in [-0.3, -0.25) is 14.3 Å². The van der Waals surface area contributed by atoms with Gasteiger partial charge in [0.25, 0.3) is 0 Å². The van der Waals surface area contributed by atoms with Crippen molar-refractivity contribution in [3.63, 3.8) is 0 Å². The van der Waals surface area contributed by atoms with E-state index in [0.717, 1.165) is 5.56 Å². The van der Waals surface area contributed by atoms with Crippen LogP contribution >= 0.6 is 0 Å². The van der Waals surface area contributed by atoms with E-state index in [0.29, 0.717) is 13.2 Å². The lowest BCUT2D eigenvalue weighted by Gasteiger charge is -2.37. The summed E-state index contributed by atoms with van der Waals surface area (Å²) in [6.07, 6.45) is 3.75. The lowest BCUT2D eigenvalue weighted by molar-refractivity contribution is -0.146. The molecule has 2 atom stereocenters. The van der Waals surface area contributed by atoms with Crippen molar-refractivity contribution in [1.29, 1.82) is 0 Å². The maximum atomic E-state index is 12.5. The number of ether oxygens (including phenoxy) is 2. The number of esters is 1. The molecule has 2 rings (SSSR count). The van der Waals surface area contributed by atoms with Gasteiger partial charge in [0, 0.05) is 30.8 Å². The summed E-state index contributed by atoms with van der Waals surface area (Å²) in [4.78, 5) is 26.4. The number of amides is 1. The molecule has 1 aliphatic rings. The minimum Gasteiger partial charge on any atom is -0.469 e. The number of carbonyl (C=O) groups excluding carboxylic acids is 2. The molecule has 0 radical (unpaired) electrons. The van der Waals surface area contributed by atoms with Crippen molar-refractivity contribution in [3.05, 3.63) is 18.0 Å². The van der Waals surface area contributed by atoms with Crippen LogP contribution < -0.4 is 0 Å². The van der Waals surface area contributed by atoms with E-state index in [4.69, 9.17) is 9.47 Å². The van der Waals surface area contributed by atoms with Gasteiger partial charge in [0.15, 0.2) is 0 Å². The molecule has 0 bridgehead atoms. The average molecular weight is 323 g/mol.